The SMILES string of the molecule is CC(C)NC1(C(=O)O)CC(OCc2ccccc2)C1. The Hall–Kier alpha value is -1.39. The van der Waals surface area contributed by atoms with E-state index in [4.69, 9.17) is 4.74 Å². The molecule has 0 aliphatic heterocycles. The lowest BCUT2D eigenvalue weighted by atomic mass is 9.73. The van der Waals surface area contributed by atoms with Crippen LogP contribution in [0.5, 0.6) is 0 Å². The number of carboxylic acid groups (broad SMARTS) is 1. The second-order valence-electron chi connectivity index (χ2n) is 5.51. The molecule has 0 unspecified atom stereocenters. The van der Waals surface area contributed by atoms with Gasteiger partial charge in [0.1, 0.15) is 5.54 Å². The summed E-state index contributed by atoms with van der Waals surface area (Å²) in [5.41, 5.74) is 0.322. The van der Waals surface area contributed by atoms with Crippen LogP contribution in [0.4, 0.5) is 0 Å². The van der Waals surface area contributed by atoms with Gasteiger partial charge >= 0.3 is 5.97 Å². The number of rotatable bonds is 6. The highest BCUT2D eigenvalue weighted by atomic mass is 16.5. The van der Waals surface area contributed by atoms with Gasteiger partial charge < -0.3 is 9.84 Å². The summed E-state index contributed by atoms with van der Waals surface area (Å²) in [4.78, 5) is 11.3. The summed E-state index contributed by atoms with van der Waals surface area (Å²) in [6, 6.07) is 10.1. The molecule has 0 radical (unpaired) electrons. The van der Waals surface area contributed by atoms with E-state index in [1.54, 1.807) is 0 Å². The second kappa shape index (κ2) is 5.72. The monoisotopic (exact) mass is 263 g/mol. The first-order chi connectivity index (χ1) is 9.02. The van der Waals surface area contributed by atoms with Crippen LogP contribution in [0.2, 0.25) is 0 Å². The number of carboxylic acids is 1. The highest BCUT2D eigenvalue weighted by molar-refractivity contribution is 5.80. The van der Waals surface area contributed by atoms with E-state index in [0.29, 0.717) is 19.4 Å². The Labute approximate surface area is 113 Å². The summed E-state index contributed by atoms with van der Waals surface area (Å²) in [6.45, 7) is 4.47. The predicted molar refractivity (Wildman–Crippen MR) is 72.9 cm³/mol. The maximum absolute atomic E-state index is 11.3. The van der Waals surface area contributed by atoms with Gasteiger partial charge in [0.05, 0.1) is 12.7 Å². The molecule has 1 aromatic carbocycles. The van der Waals surface area contributed by atoms with Gasteiger partial charge in [0.25, 0.3) is 0 Å². The van der Waals surface area contributed by atoms with Crippen LogP contribution in [0.15, 0.2) is 30.3 Å². The number of aliphatic carboxylic acids is 1. The van der Waals surface area contributed by atoms with Gasteiger partial charge in [-0.05, 0) is 19.4 Å². The zero-order valence-electron chi connectivity index (χ0n) is 11.4. The van der Waals surface area contributed by atoms with Gasteiger partial charge in [0, 0.05) is 18.9 Å². The smallest absolute Gasteiger partial charge is 0.324 e. The standard InChI is InChI=1S/C15H21NO3/c1-11(2)16-15(14(17)18)8-13(9-15)19-10-12-6-4-3-5-7-12/h3-7,11,13,16H,8-10H2,1-2H3,(H,17,18). The summed E-state index contributed by atoms with van der Waals surface area (Å²) in [7, 11) is 0. The number of benzene rings is 1. The number of ether oxygens (including phenoxy) is 1. The van der Waals surface area contributed by atoms with Gasteiger partial charge in [-0.15, -0.1) is 0 Å². The van der Waals surface area contributed by atoms with Crippen molar-refractivity contribution in [2.45, 2.75) is 51.0 Å². The Bertz CT molecular complexity index is 424. The minimum atomic E-state index is -0.796. The third-order valence-corrected chi connectivity index (χ3v) is 3.46. The molecule has 19 heavy (non-hydrogen) atoms. The van der Waals surface area contributed by atoms with E-state index in [1.165, 1.54) is 0 Å². The lowest BCUT2D eigenvalue weighted by Crippen LogP contribution is -2.64. The molecule has 4 nitrogen and oxygen atoms in total. The molecule has 0 aromatic heterocycles. The molecule has 0 heterocycles. The van der Waals surface area contributed by atoms with E-state index < -0.39 is 11.5 Å². The maximum atomic E-state index is 11.3. The Morgan fingerprint density at radius 1 is 1.42 bits per heavy atom. The Morgan fingerprint density at radius 2 is 2.05 bits per heavy atom. The van der Waals surface area contributed by atoms with E-state index in [0.717, 1.165) is 5.56 Å². The largest absolute Gasteiger partial charge is 0.480 e. The Kier molecular flexibility index (Phi) is 4.22. The molecule has 104 valence electrons. The quantitative estimate of drug-likeness (QED) is 0.826. The minimum Gasteiger partial charge on any atom is -0.480 e. The highest BCUT2D eigenvalue weighted by Gasteiger charge is 2.51. The summed E-state index contributed by atoms with van der Waals surface area (Å²) in [5.74, 6) is -0.777. The normalized spacial score (nSPS) is 26.2. The molecule has 1 fully saturated rings. The topological polar surface area (TPSA) is 58.6 Å². The van der Waals surface area contributed by atoms with Crippen LogP contribution in [0.3, 0.4) is 0 Å². The molecule has 0 saturated heterocycles. The van der Waals surface area contributed by atoms with Crippen molar-refractivity contribution in [1.82, 2.24) is 5.32 Å². The first-order valence-electron chi connectivity index (χ1n) is 6.68. The van der Waals surface area contributed by atoms with Crippen LogP contribution >= 0.6 is 0 Å². The van der Waals surface area contributed by atoms with Crippen LogP contribution in [0, 0.1) is 0 Å². The van der Waals surface area contributed by atoms with Crippen molar-refractivity contribution in [2.24, 2.45) is 0 Å². The summed E-state index contributed by atoms with van der Waals surface area (Å²) in [5, 5.41) is 12.5. The fraction of sp³-hybridized carbons (Fsp3) is 0.533. The van der Waals surface area contributed by atoms with Crippen molar-refractivity contribution < 1.29 is 14.6 Å². The molecular formula is C15H21NO3. The first-order valence-corrected chi connectivity index (χ1v) is 6.68. The third kappa shape index (κ3) is 3.33. The average molecular weight is 263 g/mol. The second-order valence-corrected chi connectivity index (χ2v) is 5.51. The summed E-state index contributed by atoms with van der Waals surface area (Å²) >= 11 is 0. The van der Waals surface area contributed by atoms with Gasteiger partial charge in [0.15, 0.2) is 0 Å². The van der Waals surface area contributed by atoms with Crippen LogP contribution in [-0.4, -0.2) is 28.8 Å². The number of hydrogen-bond donors (Lipinski definition) is 2. The van der Waals surface area contributed by atoms with Crippen LogP contribution in [0.1, 0.15) is 32.3 Å². The lowest BCUT2D eigenvalue weighted by Gasteiger charge is -2.45. The number of hydrogen-bond acceptors (Lipinski definition) is 3. The van der Waals surface area contributed by atoms with Crippen LogP contribution < -0.4 is 5.32 Å². The summed E-state index contributed by atoms with van der Waals surface area (Å²) < 4.78 is 5.75. The molecule has 2 N–H and O–H groups in total. The molecule has 2 rings (SSSR count). The zero-order valence-corrected chi connectivity index (χ0v) is 11.4. The fourth-order valence-electron chi connectivity index (χ4n) is 2.53. The molecular weight excluding hydrogens is 242 g/mol. The molecule has 1 saturated carbocycles. The van der Waals surface area contributed by atoms with Gasteiger partial charge in [-0.1, -0.05) is 30.3 Å². The molecule has 1 aromatic rings. The van der Waals surface area contributed by atoms with E-state index in [9.17, 15) is 9.90 Å². The van der Waals surface area contributed by atoms with E-state index >= 15 is 0 Å². The van der Waals surface area contributed by atoms with Crippen molar-refractivity contribution >= 4 is 5.97 Å². The van der Waals surface area contributed by atoms with Crippen molar-refractivity contribution in [2.75, 3.05) is 0 Å². The fourth-order valence-corrected chi connectivity index (χ4v) is 2.53. The molecule has 0 bridgehead atoms. The zero-order chi connectivity index (χ0) is 13.9. The van der Waals surface area contributed by atoms with E-state index in [1.807, 2.05) is 44.2 Å². The van der Waals surface area contributed by atoms with Gasteiger partial charge in [-0.3, -0.25) is 10.1 Å². The molecule has 1 aliphatic carbocycles. The molecule has 4 heteroatoms. The highest BCUT2D eigenvalue weighted by Crippen LogP contribution is 2.35. The molecule has 0 spiro atoms. The number of nitrogens with one attached hydrogen (secondary N) is 1. The lowest BCUT2D eigenvalue weighted by molar-refractivity contribution is -0.159. The van der Waals surface area contributed by atoms with Gasteiger partial charge in [-0.2, -0.15) is 0 Å². The Balaban J connectivity index is 1.82. The first kappa shape index (κ1) is 14.0. The summed E-state index contributed by atoms with van der Waals surface area (Å²) in [6.07, 6.45) is 1.10. The van der Waals surface area contributed by atoms with Crippen molar-refractivity contribution in [3.05, 3.63) is 35.9 Å². The van der Waals surface area contributed by atoms with Gasteiger partial charge in [0.2, 0.25) is 0 Å². The van der Waals surface area contributed by atoms with E-state index in [-0.39, 0.29) is 12.1 Å². The maximum Gasteiger partial charge on any atom is 0.324 e. The third-order valence-electron chi connectivity index (χ3n) is 3.46. The van der Waals surface area contributed by atoms with Gasteiger partial charge in [-0.25, -0.2) is 0 Å². The van der Waals surface area contributed by atoms with Crippen LogP contribution in [0.25, 0.3) is 0 Å². The molecule has 0 amide bonds. The van der Waals surface area contributed by atoms with E-state index in [2.05, 4.69) is 5.32 Å². The predicted octanol–water partition coefficient (Wildman–Crippen LogP) is 2.19. The van der Waals surface area contributed by atoms with Crippen molar-refractivity contribution in [1.29, 1.82) is 0 Å². The van der Waals surface area contributed by atoms with Crippen molar-refractivity contribution in [3.63, 3.8) is 0 Å². The minimum absolute atomic E-state index is 0.0301. The average Bonchev–Trinajstić information content (AvgIpc) is 2.32. The molecule has 1 aliphatic rings. The molecule has 0 atom stereocenters. The number of carbonyl (C=O) groups is 1. The van der Waals surface area contributed by atoms with Crippen LogP contribution in [-0.2, 0) is 16.1 Å². The van der Waals surface area contributed by atoms with Crippen molar-refractivity contribution in [3.8, 4) is 0 Å². The Morgan fingerprint density at radius 3 is 2.58 bits per heavy atom.